The van der Waals surface area contributed by atoms with E-state index in [1.165, 1.54) is 6.42 Å². The van der Waals surface area contributed by atoms with Gasteiger partial charge in [0.15, 0.2) is 0 Å². The number of nitrogens with two attached hydrogens (primary N) is 1. The Kier molecular flexibility index (Phi) is 4.31. The molecule has 0 bridgehead atoms. The van der Waals surface area contributed by atoms with E-state index in [0.717, 1.165) is 43.3 Å². The van der Waals surface area contributed by atoms with Crippen LogP contribution in [0.15, 0.2) is 42.7 Å². The van der Waals surface area contributed by atoms with E-state index in [0.29, 0.717) is 6.04 Å². The molecule has 1 saturated heterocycles. The molecule has 21 heavy (non-hydrogen) atoms. The van der Waals surface area contributed by atoms with E-state index in [4.69, 9.17) is 5.73 Å². The van der Waals surface area contributed by atoms with Crippen LogP contribution < -0.4 is 16.0 Å². The van der Waals surface area contributed by atoms with E-state index < -0.39 is 0 Å². The van der Waals surface area contributed by atoms with Crippen LogP contribution in [0.4, 0.5) is 11.6 Å². The van der Waals surface area contributed by atoms with Crippen LogP contribution in [-0.4, -0.2) is 29.1 Å². The first kappa shape index (κ1) is 13.8. The molecule has 0 aliphatic carbocycles. The van der Waals surface area contributed by atoms with Gasteiger partial charge in [-0.15, -0.1) is 0 Å². The van der Waals surface area contributed by atoms with Gasteiger partial charge in [-0.25, -0.2) is 9.97 Å². The van der Waals surface area contributed by atoms with Crippen LogP contribution in [0.3, 0.4) is 0 Å². The van der Waals surface area contributed by atoms with Gasteiger partial charge in [-0.05, 0) is 30.5 Å². The van der Waals surface area contributed by atoms with Crippen molar-refractivity contribution in [2.75, 3.05) is 23.7 Å². The number of para-hydroxylation sites is 1. The first-order chi connectivity index (χ1) is 10.3. The summed E-state index contributed by atoms with van der Waals surface area (Å²) >= 11 is 0. The maximum absolute atomic E-state index is 5.98. The van der Waals surface area contributed by atoms with E-state index in [1.54, 1.807) is 12.4 Å². The average Bonchev–Trinajstić information content (AvgIpc) is 2.55. The normalized spacial score (nSPS) is 18.7. The highest BCUT2D eigenvalue weighted by Gasteiger charge is 2.21. The molecule has 1 aliphatic rings. The van der Waals surface area contributed by atoms with Gasteiger partial charge >= 0.3 is 0 Å². The molecule has 1 unspecified atom stereocenters. The molecule has 0 saturated carbocycles. The van der Waals surface area contributed by atoms with Crippen molar-refractivity contribution in [1.29, 1.82) is 0 Å². The standard InChI is InChI=1S/C16H21N5/c17-15-7-2-1-5-13(15)11-20-14-6-3-10-21(12-14)16-18-8-4-9-19-16/h1-2,4-5,7-9,14,20H,3,6,10-12,17H2. The topological polar surface area (TPSA) is 67.1 Å². The third-order valence-electron chi connectivity index (χ3n) is 3.89. The Balaban J connectivity index is 1.58. The molecule has 5 heteroatoms. The summed E-state index contributed by atoms with van der Waals surface area (Å²) in [7, 11) is 0. The summed E-state index contributed by atoms with van der Waals surface area (Å²) in [6, 6.07) is 10.3. The van der Waals surface area contributed by atoms with Crippen molar-refractivity contribution in [2.24, 2.45) is 0 Å². The Morgan fingerprint density at radius 3 is 2.81 bits per heavy atom. The van der Waals surface area contributed by atoms with E-state index in [2.05, 4.69) is 26.3 Å². The van der Waals surface area contributed by atoms with Gasteiger partial charge in [-0.2, -0.15) is 0 Å². The van der Waals surface area contributed by atoms with Crippen molar-refractivity contribution in [1.82, 2.24) is 15.3 Å². The van der Waals surface area contributed by atoms with Crippen LogP contribution in [0.1, 0.15) is 18.4 Å². The number of hydrogen-bond donors (Lipinski definition) is 2. The molecule has 110 valence electrons. The minimum Gasteiger partial charge on any atom is -0.398 e. The maximum atomic E-state index is 5.98. The fraction of sp³-hybridized carbons (Fsp3) is 0.375. The molecule has 1 fully saturated rings. The average molecular weight is 283 g/mol. The first-order valence-electron chi connectivity index (χ1n) is 7.41. The minimum absolute atomic E-state index is 0.446. The molecule has 0 spiro atoms. The van der Waals surface area contributed by atoms with Crippen molar-refractivity contribution in [3.63, 3.8) is 0 Å². The van der Waals surface area contributed by atoms with Crippen LogP contribution >= 0.6 is 0 Å². The molecular weight excluding hydrogens is 262 g/mol. The number of rotatable bonds is 4. The zero-order valence-electron chi connectivity index (χ0n) is 12.1. The van der Waals surface area contributed by atoms with Gasteiger partial charge in [0.2, 0.25) is 5.95 Å². The second kappa shape index (κ2) is 6.54. The molecular formula is C16H21N5. The number of aromatic nitrogens is 2. The highest BCUT2D eigenvalue weighted by molar-refractivity contribution is 5.46. The van der Waals surface area contributed by atoms with E-state index in [-0.39, 0.29) is 0 Å². The molecule has 1 atom stereocenters. The predicted octanol–water partition coefficient (Wildman–Crippen LogP) is 1.82. The molecule has 2 heterocycles. The fourth-order valence-corrected chi connectivity index (χ4v) is 2.73. The number of piperidine rings is 1. The summed E-state index contributed by atoms with van der Waals surface area (Å²) in [4.78, 5) is 10.9. The quantitative estimate of drug-likeness (QED) is 0.838. The van der Waals surface area contributed by atoms with Gasteiger partial charge < -0.3 is 16.0 Å². The van der Waals surface area contributed by atoms with Crippen molar-refractivity contribution in [3.05, 3.63) is 48.3 Å². The molecule has 2 aromatic rings. The number of nitrogen functional groups attached to an aromatic ring is 1. The molecule has 0 radical (unpaired) electrons. The maximum Gasteiger partial charge on any atom is 0.225 e. The van der Waals surface area contributed by atoms with Crippen LogP contribution in [0, 0.1) is 0 Å². The number of benzene rings is 1. The van der Waals surface area contributed by atoms with Gasteiger partial charge in [0.05, 0.1) is 0 Å². The Morgan fingerprint density at radius 2 is 2.00 bits per heavy atom. The zero-order valence-corrected chi connectivity index (χ0v) is 12.1. The second-order valence-electron chi connectivity index (χ2n) is 5.41. The first-order valence-corrected chi connectivity index (χ1v) is 7.41. The van der Waals surface area contributed by atoms with Crippen molar-refractivity contribution in [3.8, 4) is 0 Å². The highest BCUT2D eigenvalue weighted by atomic mass is 15.3. The molecule has 5 nitrogen and oxygen atoms in total. The minimum atomic E-state index is 0.446. The fourth-order valence-electron chi connectivity index (χ4n) is 2.73. The smallest absolute Gasteiger partial charge is 0.225 e. The number of anilines is 2. The Labute approximate surface area is 125 Å². The molecule has 1 aliphatic heterocycles. The van der Waals surface area contributed by atoms with Crippen LogP contribution in [-0.2, 0) is 6.54 Å². The van der Waals surface area contributed by atoms with E-state index in [9.17, 15) is 0 Å². The Hall–Kier alpha value is -2.14. The number of hydrogen-bond acceptors (Lipinski definition) is 5. The number of nitrogens with one attached hydrogen (secondary N) is 1. The lowest BCUT2D eigenvalue weighted by Crippen LogP contribution is -2.46. The van der Waals surface area contributed by atoms with Crippen molar-refractivity contribution < 1.29 is 0 Å². The third-order valence-corrected chi connectivity index (χ3v) is 3.89. The summed E-state index contributed by atoms with van der Waals surface area (Å²) in [6.45, 7) is 2.77. The molecule has 0 amide bonds. The third kappa shape index (κ3) is 3.49. The van der Waals surface area contributed by atoms with Crippen LogP contribution in [0.2, 0.25) is 0 Å². The number of nitrogens with zero attached hydrogens (tertiary/aromatic N) is 3. The summed E-state index contributed by atoms with van der Waals surface area (Å²) in [6.07, 6.45) is 5.92. The van der Waals surface area contributed by atoms with Crippen LogP contribution in [0.25, 0.3) is 0 Å². The lowest BCUT2D eigenvalue weighted by atomic mass is 10.1. The summed E-state index contributed by atoms with van der Waals surface area (Å²) in [5.74, 6) is 0.822. The predicted molar refractivity (Wildman–Crippen MR) is 85.0 cm³/mol. The monoisotopic (exact) mass is 283 g/mol. The Morgan fingerprint density at radius 1 is 1.19 bits per heavy atom. The van der Waals surface area contributed by atoms with E-state index in [1.807, 2.05) is 24.3 Å². The van der Waals surface area contributed by atoms with Gasteiger partial charge in [-0.3, -0.25) is 0 Å². The Bertz CT molecular complexity index is 572. The zero-order chi connectivity index (χ0) is 14.5. The summed E-state index contributed by atoms with van der Waals surface area (Å²) in [5.41, 5.74) is 7.99. The SMILES string of the molecule is Nc1ccccc1CNC1CCCN(c2ncccn2)C1. The highest BCUT2D eigenvalue weighted by Crippen LogP contribution is 2.16. The summed E-state index contributed by atoms with van der Waals surface area (Å²) < 4.78 is 0. The molecule has 1 aromatic carbocycles. The summed E-state index contributed by atoms with van der Waals surface area (Å²) in [5, 5.41) is 3.60. The van der Waals surface area contributed by atoms with Crippen molar-refractivity contribution in [2.45, 2.75) is 25.4 Å². The van der Waals surface area contributed by atoms with Gasteiger partial charge in [0, 0.05) is 43.8 Å². The molecule has 1 aromatic heterocycles. The lowest BCUT2D eigenvalue weighted by molar-refractivity contribution is 0.418. The lowest BCUT2D eigenvalue weighted by Gasteiger charge is -2.33. The van der Waals surface area contributed by atoms with Crippen LogP contribution in [0.5, 0.6) is 0 Å². The molecule has 3 N–H and O–H groups in total. The van der Waals surface area contributed by atoms with Gasteiger partial charge in [-0.1, -0.05) is 18.2 Å². The largest absolute Gasteiger partial charge is 0.398 e. The van der Waals surface area contributed by atoms with Gasteiger partial charge in [0.1, 0.15) is 0 Å². The van der Waals surface area contributed by atoms with E-state index >= 15 is 0 Å². The molecule has 3 rings (SSSR count). The second-order valence-corrected chi connectivity index (χ2v) is 5.41. The van der Waals surface area contributed by atoms with Gasteiger partial charge in [0.25, 0.3) is 0 Å². The van der Waals surface area contributed by atoms with Crippen molar-refractivity contribution >= 4 is 11.6 Å².